The molecule has 0 bridgehead atoms. The minimum absolute atomic E-state index is 0.0267. The van der Waals surface area contributed by atoms with Gasteiger partial charge in [0, 0.05) is 40.0 Å². The second kappa shape index (κ2) is 8.31. The molecule has 2 aromatic carbocycles. The van der Waals surface area contributed by atoms with E-state index in [1.165, 1.54) is 14.2 Å². The number of aromatic nitrogens is 2. The highest BCUT2D eigenvalue weighted by Gasteiger charge is 2.34. The quantitative estimate of drug-likeness (QED) is 0.624. The molecule has 2 heterocycles. The maximum atomic E-state index is 13.1. The number of nitrogens with zero attached hydrogens (tertiary/aromatic N) is 2. The number of hydrogen-bond donors (Lipinski definition) is 2. The summed E-state index contributed by atoms with van der Waals surface area (Å²) in [5.74, 6) is 0.969. The Labute approximate surface area is 184 Å². The Morgan fingerprint density at radius 3 is 2.42 bits per heavy atom. The number of nitrogens with one attached hydrogen (secondary N) is 2. The minimum Gasteiger partial charge on any atom is -0.497 e. The van der Waals surface area contributed by atoms with E-state index in [4.69, 9.17) is 21.1 Å². The smallest absolute Gasteiger partial charge is 0.249 e. The van der Waals surface area contributed by atoms with Gasteiger partial charge in [-0.15, -0.1) is 0 Å². The number of rotatable bonds is 5. The van der Waals surface area contributed by atoms with Gasteiger partial charge in [-0.1, -0.05) is 23.7 Å². The average Bonchev–Trinajstić information content (AvgIpc) is 3.09. The summed E-state index contributed by atoms with van der Waals surface area (Å²) < 4.78 is 12.1. The van der Waals surface area contributed by atoms with Crippen molar-refractivity contribution in [2.75, 3.05) is 24.9 Å². The number of amides is 2. The van der Waals surface area contributed by atoms with E-state index < -0.39 is 6.04 Å². The van der Waals surface area contributed by atoms with Gasteiger partial charge in [-0.25, -0.2) is 4.68 Å². The highest BCUT2D eigenvalue weighted by molar-refractivity contribution is 6.30. The monoisotopic (exact) mass is 440 g/mol. The van der Waals surface area contributed by atoms with E-state index in [0.29, 0.717) is 33.7 Å². The molecule has 9 heteroatoms. The van der Waals surface area contributed by atoms with Crippen LogP contribution < -0.4 is 20.1 Å². The Bertz CT molecular complexity index is 1130. The van der Waals surface area contributed by atoms with E-state index in [2.05, 4.69) is 15.7 Å². The van der Waals surface area contributed by atoms with Crippen molar-refractivity contribution in [1.82, 2.24) is 9.78 Å². The van der Waals surface area contributed by atoms with Crippen LogP contribution in [0.15, 0.2) is 42.5 Å². The number of anilines is 2. The van der Waals surface area contributed by atoms with E-state index in [1.54, 1.807) is 35.0 Å². The Balaban J connectivity index is 1.68. The van der Waals surface area contributed by atoms with Gasteiger partial charge in [0.2, 0.25) is 11.8 Å². The third kappa shape index (κ3) is 4.06. The van der Waals surface area contributed by atoms with Crippen LogP contribution in [-0.2, 0) is 9.59 Å². The molecule has 4 rings (SSSR count). The SMILES string of the molecule is COc1cc(NC(=O)C2CC(=O)Nc3c(C)c(-c4ccc(Cl)cc4)nn32)cc(OC)c1. The molecule has 1 unspecified atom stereocenters. The lowest BCUT2D eigenvalue weighted by molar-refractivity contribution is -0.125. The van der Waals surface area contributed by atoms with Crippen LogP contribution in [0.1, 0.15) is 18.0 Å². The Hall–Kier alpha value is -3.52. The number of methoxy groups -OCH3 is 2. The molecule has 8 nitrogen and oxygen atoms in total. The molecule has 31 heavy (non-hydrogen) atoms. The average molecular weight is 441 g/mol. The van der Waals surface area contributed by atoms with Crippen LogP contribution in [0.3, 0.4) is 0 Å². The fraction of sp³-hybridized carbons (Fsp3) is 0.227. The molecule has 0 saturated carbocycles. The molecule has 3 aromatic rings. The Morgan fingerprint density at radius 2 is 1.81 bits per heavy atom. The van der Waals surface area contributed by atoms with Crippen molar-refractivity contribution < 1.29 is 19.1 Å². The molecule has 2 N–H and O–H groups in total. The topological polar surface area (TPSA) is 94.5 Å². The third-order valence-corrected chi connectivity index (χ3v) is 5.37. The van der Waals surface area contributed by atoms with Crippen LogP contribution in [0.5, 0.6) is 11.5 Å². The number of carbonyl (C=O) groups excluding carboxylic acids is 2. The molecular formula is C22H21ClN4O4. The van der Waals surface area contributed by atoms with Crippen LogP contribution in [0.4, 0.5) is 11.5 Å². The zero-order chi connectivity index (χ0) is 22.1. The highest BCUT2D eigenvalue weighted by Crippen LogP contribution is 2.35. The van der Waals surface area contributed by atoms with Crippen molar-refractivity contribution in [3.05, 3.63) is 53.1 Å². The lowest BCUT2D eigenvalue weighted by Gasteiger charge is -2.24. The molecule has 0 saturated heterocycles. The molecule has 0 aliphatic carbocycles. The summed E-state index contributed by atoms with van der Waals surface area (Å²) in [5, 5.41) is 10.9. The molecular weight excluding hydrogens is 420 g/mol. The largest absolute Gasteiger partial charge is 0.497 e. The zero-order valence-electron chi connectivity index (χ0n) is 17.2. The lowest BCUT2D eigenvalue weighted by atomic mass is 10.1. The summed E-state index contributed by atoms with van der Waals surface area (Å²) in [6, 6.07) is 11.5. The molecule has 1 aliphatic heterocycles. The predicted molar refractivity (Wildman–Crippen MR) is 118 cm³/mol. The Kier molecular flexibility index (Phi) is 5.56. The fourth-order valence-electron chi connectivity index (χ4n) is 3.53. The van der Waals surface area contributed by atoms with Gasteiger partial charge >= 0.3 is 0 Å². The first-order valence-corrected chi connectivity index (χ1v) is 9.96. The van der Waals surface area contributed by atoms with E-state index in [9.17, 15) is 9.59 Å². The summed E-state index contributed by atoms with van der Waals surface area (Å²) in [4.78, 5) is 25.5. The van der Waals surface area contributed by atoms with Crippen molar-refractivity contribution in [2.24, 2.45) is 0 Å². The summed E-state index contributed by atoms with van der Waals surface area (Å²) >= 11 is 5.99. The van der Waals surface area contributed by atoms with Crippen LogP contribution in [0, 0.1) is 6.92 Å². The van der Waals surface area contributed by atoms with Crippen molar-refractivity contribution in [3.63, 3.8) is 0 Å². The van der Waals surface area contributed by atoms with Crippen molar-refractivity contribution in [2.45, 2.75) is 19.4 Å². The van der Waals surface area contributed by atoms with Crippen LogP contribution in [0.2, 0.25) is 5.02 Å². The molecule has 1 aliphatic rings. The standard InChI is InChI=1S/C22H21ClN4O4/c1-12-20(13-4-6-14(23)7-5-13)26-27-18(11-19(28)25-21(12)27)22(29)24-15-8-16(30-2)10-17(9-15)31-3/h4-10,18H,11H2,1-3H3,(H,24,29)(H,25,28). The minimum atomic E-state index is -0.805. The zero-order valence-corrected chi connectivity index (χ0v) is 18.0. The number of carbonyl (C=O) groups is 2. The molecule has 1 aromatic heterocycles. The van der Waals surface area contributed by atoms with E-state index in [-0.39, 0.29) is 18.2 Å². The number of fused-ring (bicyclic) bond motifs is 1. The summed E-state index contributed by atoms with van der Waals surface area (Å²) in [6.07, 6.45) is -0.0267. The van der Waals surface area contributed by atoms with E-state index in [1.807, 2.05) is 19.1 Å². The second-order valence-electron chi connectivity index (χ2n) is 7.13. The maximum Gasteiger partial charge on any atom is 0.249 e. The Morgan fingerprint density at radius 1 is 1.16 bits per heavy atom. The summed E-state index contributed by atoms with van der Waals surface area (Å²) in [6.45, 7) is 1.86. The van der Waals surface area contributed by atoms with Gasteiger partial charge in [-0.05, 0) is 19.1 Å². The molecule has 0 fully saturated rings. The molecule has 160 valence electrons. The number of halogens is 1. The van der Waals surface area contributed by atoms with Crippen LogP contribution in [0.25, 0.3) is 11.3 Å². The maximum absolute atomic E-state index is 13.1. The van der Waals surface area contributed by atoms with Gasteiger partial charge in [0.1, 0.15) is 23.4 Å². The van der Waals surface area contributed by atoms with Crippen LogP contribution >= 0.6 is 11.6 Å². The first-order valence-electron chi connectivity index (χ1n) is 9.58. The van der Waals surface area contributed by atoms with Gasteiger partial charge in [0.25, 0.3) is 0 Å². The normalized spacial score (nSPS) is 15.1. The number of benzene rings is 2. The summed E-state index contributed by atoms with van der Waals surface area (Å²) in [7, 11) is 3.06. The molecule has 1 atom stereocenters. The summed E-state index contributed by atoms with van der Waals surface area (Å²) in [5.41, 5.74) is 2.79. The molecule has 0 radical (unpaired) electrons. The highest BCUT2D eigenvalue weighted by atomic mass is 35.5. The van der Waals surface area contributed by atoms with Gasteiger partial charge in [-0.2, -0.15) is 5.10 Å². The predicted octanol–water partition coefficient (Wildman–Crippen LogP) is 4.05. The van der Waals surface area contributed by atoms with Gasteiger partial charge < -0.3 is 20.1 Å². The van der Waals surface area contributed by atoms with E-state index in [0.717, 1.165) is 11.1 Å². The van der Waals surface area contributed by atoms with Crippen molar-refractivity contribution in [1.29, 1.82) is 0 Å². The fourth-order valence-corrected chi connectivity index (χ4v) is 3.66. The lowest BCUT2D eigenvalue weighted by Crippen LogP contribution is -2.35. The van der Waals surface area contributed by atoms with Crippen molar-refractivity contribution in [3.8, 4) is 22.8 Å². The van der Waals surface area contributed by atoms with Gasteiger partial charge in [0.05, 0.1) is 26.3 Å². The van der Waals surface area contributed by atoms with Gasteiger partial charge in [0.15, 0.2) is 0 Å². The second-order valence-corrected chi connectivity index (χ2v) is 7.57. The number of ether oxygens (including phenoxy) is 2. The van der Waals surface area contributed by atoms with Gasteiger partial charge in [-0.3, -0.25) is 9.59 Å². The van der Waals surface area contributed by atoms with E-state index >= 15 is 0 Å². The molecule has 0 spiro atoms. The van der Waals surface area contributed by atoms with Crippen LogP contribution in [-0.4, -0.2) is 35.8 Å². The molecule has 2 amide bonds. The number of hydrogen-bond acceptors (Lipinski definition) is 5. The third-order valence-electron chi connectivity index (χ3n) is 5.12. The first kappa shape index (κ1) is 20.7. The first-order chi connectivity index (χ1) is 14.9. The van der Waals surface area contributed by atoms with Crippen molar-refractivity contribution >= 4 is 34.9 Å².